The number of aryl methyl sites for hydroxylation is 1. The SMILES string of the molecule is Cn1nnc2cccc(C=O)c21. The van der Waals surface area contributed by atoms with Gasteiger partial charge in [-0.1, -0.05) is 11.3 Å². The second-order valence-corrected chi connectivity index (χ2v) is 2.55. The van der Waals surface area contributed by atoms with E-state index in [9.17, 15) is 4.79 Å². The molecule has 0 radical (unpaired) electrons. The van der Waals surface area contributed by atoms with Crippen molar-refractivity contribution in [3.05, 3.63) is 23.8 Å². The molecule has 1 aromatic heterocycles. The number of nitrogens with zero attached hydrogens (tertiary/aromatic N) is 3. The van der Waals surface area contributed by atoms with Crippen molar-refractivity contribution in [3.8, 4) is 0 Å². The zero-order valence-corrected chi connectivity index (χ0v) is 6.56. The molecular weight excluding hydrogens is 154 g/mol. The van der Waals surface area contributed by atoms with Gasteiger partial charge in [0.25, 0.3) is 0 Å². The maximum Gasteiger partial charge on any atom is 0.152 e. The molecule has 0 fully saturated rings. The highest BCUT2D eigenvalue weighted by Crippen LogP contribution is 2.12. The fourth-order valence-corrected chi connectivity index (χ4v) is 1.24. The predicted octanol–water partition coefficient (Wildman–Crippen LogP) is 0.781. The summed E-state index contributed by atoms with van der Waals surface area (Å²) in [6, 6.07) is 5.37. The molecule has 0 N–H and O–H groups in total. The van der Waals surface area contributed by atoms with E-state index in [1.54, 1.807) is 23.9 Å². The van der Waals surface area contributed by atoms with E-state index in [-0.39, 0.29) is 0 Å². The van der Waals surface area contributed by atoms with E-state index >= 15 is 0 Å². The van der Waals surface area contributed by atoms with E-state index in [1.807, 2.05) is 6.07 Å². The van der Waals surface area contributed by atoms with Gasteiger partial charge in [0.1, 0.15) is 5.52 Å². The number of hydrogen-bond acceptors (Lipinski definition) is 3. The normalized spacial score (nSPS) is 10.4. The fourth-order valence-electron chi connectivity index (χ4n) is 1.24. The van der Waals surface area contributed by atoms with Gasteiger partial charge in [0.2, 0.25) is 0 Å². The largest absolute Gasteiger partial charge is 0.298 e. The Morgan fingerprint density at radius 1 is 1.50 bits per heavy atom. The Hall–Kier alpha value is -1.71. The number of benzene rings is 1. The van der Waals surface area contributed by atoms with Crippen LogP contribution in [0.1, 0.15) is 10.4 Å². The lowest BCUT2D eigenvalue weighted by atomic mass is 10.2. The van der Waals surface area contributed by atoms with Crippen molar-refractivity contribution in [2.24, 2.45) is 7.05 Å². The van der Waals surface area contributed by atoms with Crippen LogP contribution in [0.25, 0.3) is 11.0 Å². The molecule has 2 aromatic rings. The highest BCUT2D eigenvalue weighted by molar-refractivity contribution is 5.93. The van der Waals surface area contributed by atoms with Crippen LogP contribution in [0.15, 0.2) is 18.2 Å². The van der Waals surface area contributed by atoms with Crippen molar-refractivity contribution in [2.45, 2.75) is 0 Å². The zero-order valence-electron chi connectivity index (χ0n) is 6.56. The first-order chi connectivity index (χ1) is 5.83. The summed E-state index contributed by atoms with van der Waals surface area (Å²) in [5.74, 6) is 0. The third-order valence-electron chi connectivity index (χ3n) is 1.78. The molecule has 60 valence electrons. The topological polar surface area (TPSA) is 47.8 Å². The molecular formula is C8H7N3O. The number of carbonyl (C=O) groups is 1. The summed E-state index contributed by atoms with van der Waals surface area (Å²) in [7, 11) is 1.77. The summed E-state index contributed by atoms with van der Waals surface area (Å²) in [5, 5.41) is 7.69. The number of hydrogen-bond donors (Lipinski definition) is 0. The lowest BCUT2D eigenvalue weighted by Gasteiger charge is -1.94. The Morgan fingerprint density at radius 3 is 3.08 bits per heavy atom. The van der Waals surface area contributed by atoms with Crippen molar-refractivity contribution >= 4 is 17.3 Å². The minimum Gasteiger partial charge on any atom is -0.298 e. The van der Waals surface area contributed by atoms with Gasteiger partial charge >= 0.3 is 0 Å². The number of para-hydroxylation sites is 1. The average Bonchev–Trinajstić information content (AvgIpc) is 2.48. The highest BCUT2D eigenvalue weighted by atomic mass is 16.1. The summed E-state index contributed by atoms with van der Waals surface area (Å²) in [6.45, 7) is 0. The van der Waals surface area contributed by atoms with Crippen molar-refractivity contribution in [1.82, 2.24) is 15.0 Å². The lowest BCUT2D eigenvalue weighted by molar-refractivity contribution is 0.112. The first-order valence-corrected chi connectivity index (χ1v) is 3.56. The van der Waals surface area contributed by atoms with Gasteiger partial charge in [-0.05, 0) is 12.1 Å². The Balaban J connectivity index is 2.93. The average molecular weight is 161 g/mol. The van der Waals surface area contributed by atoms with E-state index in [1.165, 1.54) is 0 Å². The minimum absolute atomic E-state index is 0.625. The van der Waals surface area contributed by atoms with Crippen LogP contribution in [0.4, 0.5) is 0 Å². The number of aromatic nitrogens is 3. The Labute approximate surface area is 68.8 Å². The maximum absolute atomic E-state index is 10.6. The van der Waals surface area contributed by atoms with Crippen LogP contribution >= 0.6 is 0 Å². The summed E-state index contributed by atoms with van der Waals surface area (Å²) < 4.78 is 1.60. The molecule has 0 spiro atoms. The summed E-state index contributed by atoms with van der Waals surface area (Å²) in [5.41, 5.74) is 2.16. The second kappa shape index (κ2) is 2.41. The Kier molecular flexibility index (Phi) is 1.40. The van der Waals surface area contributed by atoms with Crippen LogP contribution in [-0.2, 0) is 7.05 Å². The van der Waals surface area contributed by atoms with Crippen molar-refractivity contribution in [2.75, 3.05) is 0 Å². The smallest absolute Gasteiger partial charge is 0.152 e. The van der Waals surface area contributed by atoms with Gasteiger partial charge < -0.3 is 0 Å². The van der Waals surface area contributed by atoms with Gasteiger partial charge in [0, 0.05) is 12.6 Å². The molecule has 0 unspecified atom stereocenters. The second-order valence-electron chi connectivity index (χ2n) is 2.55. The van der Waals surface area contributed by atoms with Crippen LogP contribution in [-0.4, -0.2) is 21.3 Å². The van der Waals surface area contributed by atoms with Crippen LogP contribution in [0, 0.1) is 0 Å². The van der Waals surface area contributed by atoms with E-state index < -0.39 is 0 Å². The molecule has 4 nitrogen and oxygen atoms in total. The van der Waals surface area contributed by atoms with Gasteiger partial charge in [-0.3, -0.25) is 4.79 Å². The zero-order chi connectivity index (χ0) is 8.55. The van der Waals surface area contributed by atoms with Crippen molar-refractivity contribution in [1.29, 1.82) is 0 Å². The van der Waals surface area contributed by atoms with Gasteiger partial charge in [0.05, 0.1) is 5.52 Å². The molecule has 1 heterocycles. The monoisotopic (exact) mass is 161 g/mol. The van der Waals surface area contributed by atoms with Gasteiger partial charge in [-0.2, -0.15) is 0 Å². The van der Waals surface area contributed by atoms with E-state index in [4.69, 9.17) is 0 Å². The molecule has 0 amide bonds. The summed E-state index contributed by atoms with van der Waals surface area (Å²) >= 11 is 0. The van der Waals surface area contributed by atoms with E-state index in [0.717, 1.165) is 17.3 Å². The number of fused-ring (bicyclic) bond motifs is 1. The van der Waals surface area contributed by atoms with Gasteiger partial charge in [-0.25, -0.2) is 4.68 Å². The molecule has 0 saturated carbocycles. The number of aldehydes is 1. The molecule has 4 heteroatoms. The summed E-state index contributed by atoms with van der Waals surface area (Å²) in [4.78, 5) is 10.6. The summed E-state index contributed by atoms with van der Waals surface area (Å²) in [6.07, 6.45) is 0.811. The van der Waals surface area contributed by atoms with Crippen LogP contribution < -0.4 is 0 Å². The number of carbonyl (C=O) groups excluding carboxylic acids is 1. The first-order valence-electron chi connectivity index (χ1n) is 3.56. The van der Waals surface area contributed by atoms with Crippen molar-refractivity contribution in [3.63, 3.8) is 0 Å². The van der Waals surface area contributed by atoms with Crippen LogP contribution in [0.2, 0.25) is 0 Å². The number of rotatable bonds is 1. The Bertz CT molecular complexity index is 433. The Morgan fingerprint density at radius 2 is 2.33 bits per heavy atom. The molecule has 12 heavy (non-hydrogen) atoms. The minimum atomic E-state index is 0.625. The van der Waals surface area contributed by atoms with Crippen LogP contribution in [0.3, 0.4) is 0 Å². The van der Waals surface area contributed by atoms with Crippen molar-refractivity contribution < 1.29 is 4.79 Å². The molecule has 0 saturated heterocycles. The molecule has 0 aliphatic heterocycles. The lowest BCUT2D eigenvalue weighted by Crippen LogP contribution is -1.93. The predicted molar refractivity (Wildman–Crippen MR) is 43.9 cm³/mol. The fraction of sp³-hybridized carbons (Fsp3) is 0.125. The molecule has 0 bridgehead atoms. The van der Waals surface area contributed by atoms with E-state index in [0.29, 0.717) is 5.56 Å². The maximum atomic E-state index is 10.6. The van der Waals surface area contributed by atoms with Crippen LogP contribution in [0.5, 0.6) is 0 Å². The van der Waals surface area contributed by atoms with E-state index in [2.05, 4.69) is 10.3 Å². The molecule has 0 atom stereocenters. The third-order valence-corrected chi connectivity index (χ3v) is 1.78. The first kappa shape index (κ1) is 6.97. The third kappa shape index (κ3) is 0.812. The molecule has 1 aromatic carbocycles. The highest BCUT2D eigenvalue weighted by Gasteiger charge is 2.04. The van der Waals surface area contributed by atoms with Gasteiger partial charge in [-0.15, -0.1) is 5.10 Å². The van der Waals surface area contributed by atoms with Gasteiger partial charge in [0.15, 0.2) is 6.29 Å². The molecule has 0 aliphatic rings. The molecule has 2 rings (SSSR count). The quantitative estimate of drug-likeness (QED) is 0.580. The molecule has 0 aliphatic carbocycles. The standard InChI is InChI=1S/C8H7N3O/c1-11-8-6(5-12)3-2-4-7(8)9-10-11/h2-5H,1H3.